The fraction of sp³-hybridized carbons (Fsp3) is 0.368. The van der Waals surface area contributed by atoms with Gasteiger partial charge < -0.3 is 14.4 Å². The van der Waals surface area contributed by atoms with Crippen molar-refractivity contribution in [2.45, 2.75) is 25.5 Å². The summed E-state index contributed by atoms with van der Waals surface area (Å²) in [4.78, 5) is 19.1. The Kier molecular flexibility index (Phi) is 5.11. The quantitative estimate of drug-likeness (QED) is 0.867. The van der Waals surface area contributed by atoms with Crippen LogP contribution >= 0.6 is 0 Å². The number of amides is 1. The first-order valence-electron chi connectivity index (χ1n) is 8.12. The molecular weight excluding hydrogens is 304 g/mol. The maximum Gasteiger partial charge on any atom is 0.229 e. The number of carbonyl (C=O) groups is 1. The molecule has 1 amide bonds. The summed E-state index contributed by atoms with van der Waals surface area (Å²) in [5, 5.41) is 0. The van der Waals surface area contributed by atoms with Gasteiger partial charge in [0.2, 0.25) is 5.91 Å². The molecule has 24 heavy (non-hydrogen) atoms. The van der Waals surface area contributed by atoms with Crippen molar-refractivity contribution < 1.29 is 14.3 Å². The van der Waals surface area contributed by atoms with Crippen LogP contribution in [-0.2, 0) is 16.0 Å². The molecule has 2 atom stereocenters. The second-order valence-electron chi connectivity index (χ2n) is 5.98. The van der Waals surface area contributed by atoms with Gasteiger partial charge in [0.05, 0.1) is 38.0 Å². The minimum absolute atomic E-state index is 0.0344. The van der Waals surface area contributed by atoms with Crippen LogP contribution in [0, 0.1) is 0 Å². The number of hydrogen-bond acceptors (Lipinski definition) is 4. The molecular formula is C19H22N2O3. The van der Waals surface area contributed by atoms with E-state index < -0.39 is 0 Å². The first kappa shape index (κ1) is 16.5. The molecule has 5 nitrogen and oxygen atoms in total. The Balaban J connectivity index is 1.79. The van der Waals surface area contributed by atoms with Gasteiger partial charge in [-0.2, -0.15) is 0 Å². The van der Waals surface area contributed by atoms with Crippen molar-refractivity contribution in [2.75, 3.05) is 20.3 Å². The van der Waals surface area contributed by atoms with Crippen LogP contribution in [0.5, 0.6) is 5.75 Å². The van der Waals surface area contributed by atoms with E-state index in [1.165, 1.54) is 0 Å². The summed E-state index contributed by atoms with van der Waals surface area (Å²) in [6.07, 6.45) is 1.96. The third-order valence-electron chi connectivity index (χ3n) is 4.23. The summed E-state index contributed by atoms with van der Waals surface area (Å²) in [6, 6.07) is 13.5. The fourth-order valence-electron chi connectivity index (χ4n) is 2.97. The van der Waals surface area contributed by atoms with E-state index in [0.717, 1.165) is 5.56 Å². The molecule has 3 rings (SSSR count). The molecule has 0 bridgehead atoms. The van der Waals surface area contributed by atoms with Crippen LogP contribution in [0.15, 0.2) is 48.7 Å². The molecule has 1 saturated heterocycles. The van der Waals surface area contributed by atoms with Crippen molar-refractivity contribution >= 4 is 5.91 Å². The van der Waals surface area contributed by atoms with Gasteiger partial charge in [0.25, 0.3) is 0 Å². The lowest BCUT2D eigenvalue weighted by Crippen LogP contribution is -2.47. The number of benzene rings is 1. The van der Waals surface area contributed by atoms with E-state index in [0.29, 0.717) is 24.6 Å². The molecule has 0 spiro atoms. The van der Waals surface area contributed by atoms with E-state index in [1.54, 1.807) is 25.4 Å². The highest BCUT2D eigenvalue weighted by Crippen LogP contribution is 2.27. The smallest absolute Gasteiger partial charge is 0.229 e. The summed E-state index contributed by atoms with van der Waals surface area (Å²) in [7, 11) is 1.61. The number of methoxy groups -OCH3 is 1. The van der Waals surface area contributed by atoms with Gasteiger partial charge in [0, 0.05) is 18.8 Å². The third-order valence-corrected chi connectivity index (χ3v) is 4.23. The highest BCUT2D eigenvalue weighted by Gasteiger charge is 2.31. The minimum Gasteiger partial charge on any atom is -0.497 e. The second kappa shape index (κ2) is 7.45. The van der Waals surface area contributed by atoms with Crippen LogP contribution in [0.4, 0.5) is 0 Å². The SMILES string of the molecule is COc1ccnc(CC(=O)N2C[C@H](C)OC[C@H]2c2ccccc2)c1. The standard InChI is InChI=1S/C19H22N2O3/c1-14-12-21(18(13-24-14)15-6-4-3-5-7-15)19(22)11-16-10-17(23-2)8-9-20-16/h3-10,14,18H,11-13H2,1-2H3/t14-,18-/m0/s1. The van der Waals surface area contributed by atoms with Crippen LogP contribution in [-0.4, -0.2) is 42.2 Å². The Morgan fingerprint density at radius 2 is 2.12 bits per heavy atom. The van der Waals surface area contributed by atoms with E-state index >= 15 is 0 Å². The molecule has 5 heteroatoms. The Bertz CT molecular complexity index is 690. The summed E-state index contributed by atoms with van der Waals surface area (Å²) < 4.78 is 11.0. The van der Waals surface area contributed by atoms with Crippen molar-refractivity contribution in [3.05, 3.63) is 59.9 Å². The van der Waals surface area contributed by atoms with Crippen molar-refractivity contribution in [1.82, 2.24) is 9.88 Å². The number of carbonyl (C=O) groups excluding carboxylic acids is 1. The molecule has 0 N–H and O–H groups in total. The summed E-state index contributed by atoms with van der Waals surface area (Å²) in [5.74, 6) is 0.766. The minimum atomic E-state index is -0.0551. The summed E-state index contributed by atoms with van der Waals surface area (Å²) >= 11 is 0. The molecule has 0 radical (unpaired) electrons. The topological polar surface area (TPSA) is 51.7 Å². The van der Waals surface area contributed by atoms with Crippen LogP contribution in [0.1, 0.15) is 24.2 Å². The lowest BCUT2D eigenvalue weighted by molar-refractivity contribution is -0.144. The molecule has 126 valence electrons. The van der Waals surface area contributed by atoms with Crippen LogP contribution in [0.3, 0.4) is 0 Å². The van der Waals surface area contributed by atoms with Gasteiger partial charge in [0.1, 0.15) is 5.75 Å². The molecule has 1 aromatic carbocycles. The van der Waals surface area contributed by atoms with Crippen molar-refractivity contribution in [3.63, 3.8) is 0 Å². The molecule has 2 aromatic rings. The van der Waals surface area contributed by atoms with E-state index in [4.69, 9.17) is 9.47 Å². The van der Waals surface area contributed by atoms with E-state index in [9.17, 15) is 4.79 Å². The third kappa shape index (κ3) is 3.74. The largest absolute Gasteiger partial charge is 0.497 e. The average Bonchev–Trinajstić information content (AvgIpc) is 2.62. The van der Waals surface area contributed by atoms with Crippen LogP contribution < -0.4 is 4.74 Å². The van der Waals surface area contributed by atoms with Gasteiger partial charge in [-0.25, -0.2) is 0 Å². The number of rotatable bonds is 4. The van der Waals surface area contributed by atoms with Gasteiger partial charge >= 0.3 is 0 Å². The van der Waals surface area contributed by atoms with Crippen LogP contribution in [0.25, 0.3) is 0 Å². The molecule has 0 unspecified atom stereocenters. The lowest BCUT2D eigenvalue weighted by atomic mass is 10.0. The van der Waals surface area contributed by atoms with Gasteiger partial charge in [-0.1, -0.05) is 30.3 Å². The van der Waals surface area contributed by atoms with E-state index in [-0.39, 0.29) is 24.5 Å². The lowest BCUT2D eigenvalue weighted by Gasteiger charge is -2.39. The Morgan fingerprint density at radius 3 is 2.88 bits per heavy atom. The molecule has 1 aromatic heterocycles. The Labute approximate surface area is 142 Å². The maximum atomic E-state index is 12.9. The average molecular weight is 326 g/mol. The second-order valence-corrected chi connectivity index (χ2v) is 5.98. The summed E-state index contributed by atoms with van der Waals surface area (Å²) in [5.41, 5.74) is 1.81. The number of nitrogens with zero attached hydrogens (tertiary/aromatic N) is 2. The van der Waals surface area contributed by atoms with Crippen molar-refractivity contribution in [2.24, 2.45) is 0 Å². The number of pyridine rings is 1. The number of morpholine rings is 1. The monoisotopic (exact) mass is 326 g/mol. The molecule has 1 aliphatic rings. The first-order valence-corrected chi connectivity index (χ1v) is 8.12. The first-order chi connectivity index (χ1) is 11.7. The molecule has 1 fully saturated rings. The van der Waals surface area contributed by atoms with Gasteiger partial charge in [-0.05, 0) is 18.6 Å². The zero-order valence-electron chi connectivity index (χ0n) is 14.0. The zero-order chi connectivity index (χ0) is 16.9. The molecule has 0 aliphatic carbocycles. The van der Waals surface area contributed by atoms with E-state index in [1.807, 2.05) is 42.2 Å². The molecule has 0 saturated carbocycles. The predicted molar refractivity (Wildman–Crippen MR) is 90.8 cm³/mol. The van der Waals surface area contributed by atoms with Gasteiger partial charge in [-0.3, -0.25) is 9.78 Å². The number of aromatic nitrogens is 1. The predicted octanol–water partition coefficient (Wildman–Crippen LogP) is 2.62. The van der Waals surface area contributed by atoms with Gasteiger partial charge in [0.15, 0.2) is 0 Å². The highest BCUT2D eigenvalue weighted by molar-refractivity contribution is 5.79. The summed E-state index contributed by atoms with van der Waals surface area (Å²) in [6.45, 7) is 3.09. The van der Waals surface area contributed by atoms with Gasteiger partial charge in [-0.15, -0.1) is 0 Å². The van der Waals surface area contributed by atoms with E-state index in [2.05, 4.69) is 4.98 Å². The molecule has 1 aliphatic heterocycles. The number of hydrogen-bond donors (Lipinski definition) is 0. The van der Waals surface area contributed by atoms with Crippen molar-refractivity contribution in [3.8, 4) is 5.75 Å². The van der Waals surface area contributed by atoms with Crippen LogP contribution in [0.2, 0.25) is 0 Å². The highest BCUT2D eigenvalue weighted by atomic mass is 16.5. The Morgan fingerprint density at radius 1 is 1.33 bits per heavy atom. The van der Waals surface area contributed by atoms with Crippen molar-refractivity contribution in [1.29, 1.82) is 0 Å². The normalized spacial score (nSPS) is 20.7. The zero-order valence-corrected chi connectivity index (χ0v) is 14.0. The number of ether oxygens (including phenoxy) is 2. The maximum absolute atomic E-state index is 12.9. The fourth-order valence-corrected chi connectivity index (χ4v) is 2.97. The molecule has 2 heterocycles. The Hall–Kier alpha value is -2.40.